The molecule has 1 aliphatic heterocycles. The molecule has 0 aromatic heterocycles. The Balaban J connectivity index is 1.56. The van der Waals surface area contributed by atoms with Crippen LogP contribution < -0.4 is 5.32 Å². The van der Waals surface area contributed by atoms with Crippen LogP contribution in [0, 0.1) is 5.92 Å². The summed E-state index contributed by atoms with van der Waals surface area (Å²) in [4.78, 5) is 14.9. The minimum atomic E-state index is 0.0881. The highest BCUT2D eigenvalue weighted by atomic mass is 35.5. The van der Waals surface area contributed by atoms with Crippen molar-refractivity contribution < 1.29 is 4.79 Å². The van der Waals surface area contributed by atoms with E-state index in [2.05, 4.69) is 23.5 Å². The number of benzene rings is 2. The van der Waals surface area contributed by atoms with Crippen molar-refractivity contribution in [1.29, 1.82) is 0 Å². The average Bonchev–Trinajstić information content (AvgIpc) is 3.45. The Morgan fingerprint density at radius 1 is 1.12 bits per heavy atom. The predicted octanol–water partition coefficient (Wildman–Crippen LogP) is 3.97. The van der Waals surface area contributed by atoms with Gasteiger partial charge in [0.25, 0.3) is 0 Å². The van der Waals surface area contributed by atoms with Crippen LogP contribution in [0.5, 0.6) is 0 Å². The number of nitrogens with one attached hydrogen (secondary N) is 1. The topological polar surface area (TPSA) is 32.3 Å². The van der Waals surface area contributed by atoms with Crippen molar-refractivity contribution in [3.8, 4) is 0 Å². The van der Waals surface area contributed by atoms with Crippen LogP contribution in [-0.2, 0) is 17.8 Å². The summed E-state index contributed by atoms with van der Waals surface area (Å²) in [5, 5.41) is 4.07. The molecule has 2 aromatic rings. The molecule has 1 saturated carbocycles. The van der Waals surface area contributed by atoms with Crippen molar-refractivity contribution in [1.82, 2.24) is 10.2 Å². The summed E-state index contributed by atoms with van der Waals surface area (Å²) < 4.78 is 0. The van der Waals surface area contributed by atoms with Gasteiger partial charge in [-0.3, -0.25) is 4.79 Å². The summed E-state index contributed by atoms with van der Waals surface area (Å²) in [6, 6.07) is 16.5. The monoisotopic (exact) mass is 354 g/mol. The zero-order valence-electron chi connectivity index (χ0n) is 14.2. The van der Waals surface area contributed by atoms with Crippen LogP contribution >= 0.6 is 11.6 Å². The number of carbonyl (C=O) groups excluding carboxylic acids is 1. The number of halogens is 1. The molecular weight excluding hydrogens is 332 g/mol. The number of carbonyl (C=O) groups is 1. The lowest BCUT2D eigenvalue weighted by molar-refractivity contribution is -0.134. The highest BCUT2D eigenvalue weighted by Crippen LogP contribution is 2.34. The zero-order chi connectivity index (χ0) is 17.2. The third-order valence-corrected chi connectivity index (χ3v) is 5.44. The molecule has 1 atom stereocenters. The maximum Gasteiger partial charge on any atom is 0.237 e. The number of hydrogen-bond donors (Lipinski definition) is 1. The van der Waals surface area contributed by atoms with Crippen LogP contribution in [0.4, 0.5) is 0 Å². The maximum atomic E-state index is 12.9. The van der Waals surface area contributed by atoms with Crippen molar-refractivity contribution in [3.05, 3.63) is 70.2 Å². The van der Waals surface area contributed by atoms with Gasteiger partial charge in [0.1, 0.15) is 0 Å². The van der Waals surface area contributed by atoms with Crippen molar-refractivity contribution in [2.24, 2.45) is 5.92 Å². The van der Waals surface area contributed by atoms with E-state index in [-0.39, 0.29) is 11.9 Å². The van der Waals surface area contributed by atoms with E-state index >= 15 is 0 Å². The van der Waals surface area contributed by atoms with Crippen LogP contribution in [0.3, 0.4) is 0 Å². The number of amides is 1. The second kappa shape index (κ2) is 7.19. The smallest absolute Gasteiger partial charge is 0.237 e. The van der Waals surface area contributed by atoms with E-state index in [4.69, 9.17) is 11.6 Å². The van der Waals surface area contributed by atoms with Gasteiger partial charge >= 0.3 is 0 Å². The van der Waals surface area contributed by atoms with Gasteiger partial charge in [-0.15, -0.1) is 0 Å². The molecule has 0 radical (unpaired) electrons. The zero-order valence-corrected chi connectivity index (χ0v) is 15.0. The van der Waals surface area contributed by atoms with Gasteiger partial charge in [-0.2, -0.15) is 0 Å². The SMILES string of the molecule is O=C(CNCC1CC1)N1Cc2cc(Cl)ccc2CC1c1ccccc1. The van der Waals surface area contributed by atoms with Crippen molar-refractivity contribution in [2.45, 2.75) is 31.8 Å². The van der Waals surface area contributed by atoms with Crippen LogP contribution in [0.1, 0.15) is 35.6 Å². The third-order valence-electron chi connectivity index (χ3n) is 5.21. The Morgan fingerprint density at radius 2 is 1.92 bits per heavy atom. The van der Waals surface area contributed by atoms with E-state index in [0.29, 0.717) is 13.1 Å². The van der Waals surface area contributed by atoms with Gasteiger partial charge in [0.15, 0.2) is 0 Å². The largest absolute Gasteiger partial charge is 0.330 e. The van der Waals surface area contributed by atoms with E-state index in [0.717, 1.165) is 29.5 Å². The molecule has 3 nitrogen and oxygen atoms in total. The lowest BCUT2D eigenvalue weighted by atomic mass is 9.90. The standard InChI is InChI=1S/C21H23ClN2O/c22-19-9-8-17-11-20(16-4-2-1-3-5-16)24(14-18(17)10-19)21(25)13-23-12-15-6-7-15/h1-5,8-10,15,20,23H,6-7,11-14H2. The van der Waals surface area contributed by atoms with Gasteiger partial charge < -0.3 is 10.2 Å². The molecule has 1 aliphatic carbocycles. The van der Waals surface area contributed by atoms with Crippen LogP contribution in [0.15, 0.2) is 48.5 Å². The molecule has 1 heterocycles. The minimum absolute atomic E-state index is 0.0881. The Bertz CT molecular complexity index is 758. The highest BCUT2D eigenvalue weighted by Gasteiger charge is 2.31. The molecule has 1 N–H and O–H groups in total. The Morgan fingerprint density at radius 3 is 2.68 bits per heavy atom. The fourth-order valence-electron chi connectivity index (χ4n) is 3.59. The summed E-state index contributed by atoms with van der Waals surface area (Å²) in [5.74, 6) is 0.943. The van der Waals surface area contributed by atoms with E-state index in [9.17, 15) is 4.79 Å². The van der Waals surface area contributed by atoms with Gasteiger partial charge in [-0.05, 0) is 60.5 Å². The summed E-state index contributed by atoms with van der Waals surface area (Å²) in [6.07, 6.45) is 3.43. The predicted molar refractivity (Wildman–Crippen MR) is 100 cm³/mol. The molecule has 0 bridgehead atoms. The summed E-state index contributed by atoms with van der Waals surface area (Å²) in [5.41, 5.74) is 3.64. The molecule has 4 rings (SSSR count). The first-order valence-corrected chi connectivity index (χ1v) is 9.41. The second-order valence-corrected chi connectivity index (χ2v) is 7.58. The van der Waals surface area contributed by atoms with Gasteiger partial charge in [0, 0.05) is 11.6 Å². The van der Waals surface area contributed by atoms with E-state index in [1.54, 1.807) is 0 Å². The average molecular weight is 355 g/mol. The van der Waals surface area contributed by atoms with Crippen LogP contribution in [0.25, 0.3) is 0 Å². The number of fused-ring (bicyclic) bond motifs is 1. The van der Waals surface area contributed by atoms with Crippen LogP contribution in [-0.4, -0.2) is 23.9 Å². The molecule has 0 saturated heterocycles. The highest BCUT2D eigenvalue weighted by molar-refractivity contribution is 6.30. The second-order valence-electron chi connectivity index (χ2n) is 7.14. The van der Waals surface area contributed by atoms with Gasteiger partial charge in [-0.25, -0.2) is 0 Å². The summed E-state index contributed by atoms with van der Waals surface area (Å²) in [7, 11) is 0. The number of nitrogens with zero attached hydrogens (tertiary/aromatic N) is 1. The molecule has 1 amide bonds. The van der Waals surface area contributed by atoms with Gasteiger partial charge in [-0.1, -0.05) is 48.0 Å². The molecule has 1 fully saturated rings. The molecule has 25 heavy (non-hydrogen) atoms. The Hall–Kier alpha value is -1.84. The first-order valence-electron chi connectivity index (χ1n) is 9.03. The van der Waals surface area contributed by atoms with Crippen molar-refractivity contribution >= 4 is 17.5 Å². The molecule has 0 spiro atoms. The maximum absolute atomic E-state index is 12.9. The molecule has 130 valence electrons. The quantitative estimate of drug-likeness (QED) is 0.881. The first kappa shape index (κ1) is 16.6. The minimum Gasteiger partial charge on any atom is -0.330 e. The first-order chi connectivity index (χ1) is 12.2. The Labute approximate surface area is 154 Å². The summed E-state index contributed by atoms with van der Waals surface area (Å²) in [6.45, 7) is 1.99. The van der Waals surface area contributed by atoms with Crippen LogP contribution in [0.2, 0.25) is 5.02 Å². The van der Waals surface area contributed by atoms with Gasteiger partial charge in [0.05, 0.1) is 12.6 Å². The molecule has 2 aromatic carbocycles. The Kier molecular flexibility index (Phi) is 4.78. The summed E-state index contributed by atoms with van der Waals surface area (Å²) >= 11 is 6.17. The van der Waals surface area contributed by atoms with E-state index in [1.165, 1.54) is 24.0 Å². The van der Waals surface area contributed by atoms with E-state index in [1.807, 2.05) is 35.2 Å². The third kappa shape index (κ3) is 3.88. The molecule has 4 heteroatoms. The molecule has 2 aliphatic rings. The number of hydrogen-bond acceptors (Lipinski definition) is 2. The fourth-order valence-corrected chi connectivity index (χ4v) is 3.79. The van der Waals surface area contributed by atoms with Crippen molar-refractivity contribution in [2.75, 3.05) is 13.1 Å². The van der Waals surface area contributed by atoms with Crippen molar-refractivity contribution in [3.63, 3.8) is 0 Å². The molecular formula is C21H23ClN2O. The van der Waals surface area contributed by atoms with Gasteiger partial charge in [0.2, 0.25) is 5.91 Å². The lowest BCUT2D eigenvalue weighted by Crippen LogP contribution is -2.43. The lowest BCUT2D eigenvalue weighted by Gasteiger charge is -2.37. The normalized spacial score (nSPS) is 19.6. The number of rotatable bonds is 5. The molecule has 1 unspecified atom stereocenters. The fraction of sp³-hybridized carbons (Fsp3) is 0.381. The van der Waals surface area contributed by atoms with E-state index < -0.39 is 0 Å².